The smallest absolute Gasteiger partial charge is 0.341 e. The largest absolute Gasteiger partial charge is 0.462 e. The zero-order valence-corrected chi connectivity index (χ0v) is 17.8. The molecule has 0 fully saturated rings. The Bertz CT molecular complexity index is 988. The molecule has 0 atom stereocenters. The maximum atomic E-state index is 12.7. The minimum absolute atomic E-state index is 0.0284. The fourth-order valence-corrected chi connectivity index (χ4v) is 4.84. The van der Waals surface area contributed by atoms with Gasteiger partial charge in [0.25, 0.3) is 5.91 Å². The lowest BCUT2D eigenvalue weighted by atomic mass is 9.95. The van der Waals surface area contributed by atoms with Crippen LogP contribution in [0.25, 0.3) is 6.08 Å². The third kappa shape index (κ3) is 4.51. The first-order valence-corrected chi connectivity index (χ1v) is 10.6. The predicted molar refractivity (Wildman–Crippen MR) is 113 cm³/mol. The van der Waals surface area contributed by atoms with E-state index >= 15 is 0 Å². The Balaban J connectivity index is 1.91. The molecule has 7 heteroatoms. The number of hydrogen-bond donors (Lipinski definition) is 1. The zero-order valence-electron chi connectivity index (χ0n) is 15.4. The highest BCUT2D eigenvalue weighted by atomic mass is 79.9. The van der Waals surface area contributed by atoms with E-state index in [9.17, 15) is 14.9 Å². The molecule has 28 heavy (non-hydrogen) atoms. The number of anilines is 1. The number of nitrogens with one attached hydrogen (secondary N) is 1. The molecule has 0 saturated heterocycles. The Morgan fingerprint density at radius 3 is 2.86 bits per heavy atom. The number of esters is 1. The SMILES string of the molecule is CCOC(=O)c1c(NC(=O)C(C#N)=Cc2cccc(Br)c2)sc2c1CCCC2. The van der Waals surface area contributed by atoms with Gasteiger partial charge in [-0.1, -0.05) is 28.1 Å². The first-order chi connectivity index (χ1) is 13.5. The summed E-state index contributed by atoms with van der Waals surface area (Å²) in [6.07, 6.45) is 5.29. The summed E-state index contributed by atoms with van der Waals surface area (Å²) in [5.74, 6) is -0.960. The van der Waals surface area contributed by atoms with Crippen LogP contribution in [-0.2, 0) is 22.4 Å². The van der Waals surface area contributed by atoms with E-state index < -0.39 is 11.9 Å². The first-order valence-electron chi connectivity index (χ1n) is 9.03. The molecule has 1 amide bonds. The molecular weight excluding hydrogens is 440 g/mol. The second-order valence-corrected chi connectivity index (χ2v) is 8.34. The van der Waals surface area contributed by atoms with E-state index in [4.69, 9.17) is 4.74 Å². The lowest BCUT2D eigenvalue weighted by molar-refractivity contribution is -0.112. The standard InChI is InChI=1S/C21H19BrN2O3S/c1-2-27-21(26)18-16-8-3-4-9-17(16)28-20(18)24-19(25)14(12-23)10-13-6-5-7-15(22)11-13/h5-7,10-11H,2-4,8-9H2,1H3,(H,24,25). The maximum absolute atomic E-state index is 12.7. The van der Waals surface area contributed by atoms with Crippen LogP contribution in [-0.4, -0.2) is 18.5 Å². The van der Waals surface area contributed by atoms with Gasteiger partial charge in [-0.3, -0.25) is 4.79 Å². The Morgan fingerprint density at radius 2 is 2.14 bits per heavy atom. The molecule has 1 aromatic carbocycles. The van der Waals surface area contributed by atoms with Crippen molar-refractivity contribution in [2.24, 2.45) is 0 Å². The summed E-state index contributed by atoms with van der Waals surface area (Å²) in [6, 6.07) is 9.27. The average molecular weight is 459 g/mol. The number of carbonyl (C=O) groups is 2. The van der Waals surface area contributed by atoms with Gasteiger partial charge in [0.1, 0.15) is 16.6 Å². The van der Waals surface area contributed by atoms with Crippen molar-refractivity contribution >= 4 is 50.2 Å². The topological polar surface area (TPSA) is 79.2 Å². The van der Waals surface area contributed by atoms with Gasteiger partial charge in [-0.15, -0.1) is 11.3 Å². The number of rotatable bonds is 5. The summed E-state index contributed by atoms with van der Waals surface area (Å²) in [4.78, 5) is 26.3. The van der Waals surface area contributed by atoms with Gasteiger partial charge in [-0.05, 0) is 61.9 Å². The molecular formula is C21H19BrN2O3S. The molecule has 0 unspecified atom stereocenters. The molecule has 1 aliphatic carbocycles. The summed E-state index contributed by atoms with van der Waals surface area (Å²) < 4.78 is 6.06. The zero-order chi connectivity index (χ0) is 20.1. The van der Waals surface area contributed by atoms with Gasteiger partial charge in [0, 0.05) is 9.35 Å². The molecule has 1 heterocycles. The number of aryl methyl sites for hydroxylation is 1. The van der Waals surface area contributed by atoms with Gasteiger partial charge in [0.2, 0.25) is 0 Å². The molecule has 2 aromatic rings. The summed E-state index contributed by atoms with van der Waals surface area (Å²) in [5, 5.41) is 12.7. The second kappa shape index (κ2) is 9.18. The van der Waals surface area contributed by atoms with Crippen molar-refractivity contribution in [2.75, 3.05) is 11.9 Å². The van der Waals surface area contributed by atoms with Crippen molar-refractivity contribution < 1.29 is 14.3 Å². The van der Waals surface area contributed by atoms with Crippen molar-refractivity contribution in [1.29, 1.82) is 5.26 Å². The molecule has 0 saturated carbocycles. The van der Waals surface area contributed by atoms with E-state index in [0.717, 1.165) is 46.2 Å². The summed E-state index contributed by atoms with van der Waals surface area (Å²) in [6.45, 7) is 2.02. The summed E-state index contributed by atoms with van der Waals surface area (Å²) >= 11 is 4.78. The molecule has 1 aliphatic rings. The van der Waals surface area contributed by atoms with Crippen LogP contribution in [0.4, 0.5) is 5.00 Å². The van der Waals surface area contributed by atoms with Gasteiger partial charge in [0.05, 0.1) is 12.2 Å². The van der Waals surface area contributed by atoms with Crippen LogP contribution in [0, 0.1) is 11.3 Å². The van der Waals surface area contributed by atoms with Gasteiger partial charge in [0.15, 0.2) is 0 Å². The van der Waals surface area contributed by atoms with Crippen LogP contribution in [0.1, 0.15) is 46.1 Å². The van der Waals surface area contributed by atoms with Gasteiger partial charge in [-0.2, -0.15) is 5.26 Å². The Kier molecular flexibility index (Phi) is 6.65. The van der Waals surface area contributed by atoms with Crippen molar-refractivity contribution in [3.63, 3.8) is 0 Å². The highest BCUT2D eigenvalue weighted by Gasteiger charge is 2.27. The van der Waals surface area contributed by atoms with E-state index in [1.807, 2.05) is 30.3 Å². The normalized spacial score (nSPS) is 13.4. The van der Waals surface area contributed by atoms with Crippen molar-refractivity contribution in [3.05, 3.63) is 55.9 Å². The van der Waals surface area contributed by atoms with Crippen LogP contribution in [0.15, 0.2) is 34.3 Å². The number of carbonyl (C=O) groups excluding carboxylic acids is 2. The first kappa shape index (κ1) is 20.3. The number of hydrogen-bond acceptors (Lipinski definition) is 5. The summed E-state index contributed by atoms with van der Waals surface area (Å²) in [7, 11) is 0. The number of halogens is 1. The number of nitriles is 1. The Morgan fingerprint density at radius 1 is 1.36 bits per heavy atom. The highest BCUT2D eigenvalue weighted by Crippen LogP contribution is 2.38. The highest BCUT2D eigenvalue weighted by molar-refractivity contribution is 9.10. The second-order valence-electron chi connectivity index (χ2n) is 6.31. The van der Waals surface area contributed by atoms with E-state index in [1.54, 1.807) is 6.92 Å². The number of ether oxygens (including phenoxy) is 1. The van der Waals surface area contributed by atoms with E-state index in [2.05, 4.69) is 21.2 Å². The van der Waals surface area contributed by atoms with Crippen molar-refractivity contribution in [1.82, 2.24) is 0 Å². The van der Waals surface area contributed by atoms with Gasteiger partial charge < -0.3 is 10.1 Å². The lowest BCUT2D eigenvalue weighted by Gasteiger charge is -2.12. The van der Waals surface area contributed by atoms with Crippen LogP contribution in [0.5, 0.6) is 0 Å². The third-order valence-electron chi connectivity index (χ3n) is 4.40. The molecule has 0 radical (unpaired) electrons. The molecule has 3 rings (SSSR count). The minimum atomic E-state index is -0.536. The van der Waals surface area contributed by atoms with Crippen molar-refractivity contribution in [2.45, 2.75) is 32.6 Å². The maximum Gasteiger partial charge on any atom is 0.341 e. The molecule has 1 aromatic heterocycles. The number of thiophene rings is 1. The predicted octanol–water partition coefficient (Wildman–Crippen LogP) is 5.11. The van der Waals surface area contributed by atoms with Crippen LogP contribution in [0.3, 0.4) is 0 Å². The monoisotopic (exact) mass is 458 g/mol. The third-order valence-corrected chi connectivity index (χ3v) is 6.10. The van der Waals surface area contributed by atoms with Gasteiger partial charge >= 0.3 is 5.97 Å². The van der Waals surface area contributed by atoms with E-state index in [0.29, 0.717) is 10.6 Å². The van der Waals surface area contributed by atoms with Crippen LogP contribution >= 0.6 is 27.3 Å². The van der Waals surface area contributed by atoms with Gasteiger partial charge in [-0.25, -0.2) is 4.79 Å². The van der Waals surface area contributed by atoms with Crippen LogP contribution < -0.4 is 5.32 Å². The Hall–Kier alpha value is -2.43. The quantitative estimate of drug-likeness (QED) is 0.383. The molecule has 5 nitrogen and oxygen atoms in total. The fourth-order valence-electron chi connectivity index (χ4n) is 3.16. The fraction of sp³-hybridized carbons (Fsp3) is 0.286. The average Bonchev–Trinajstić information content (AvgIpc) is 3.04. The molecule has 0 aliphatic heterocycles. The number of amides is 1. The number of benzene rings is 1. The number of nitrogens with zero attached hydrogens (tertiary/aromatic N) is 1. The lowest BCUT2D eigenvalue weighted by Crippen LogP contribution is -2.16. The van der Waals surface area contributed by atoms with E-state index in [-0.39, 0.29) is 12.2 Å². The minimum Gasteiger partial charge on any atom is -0.462 e. The van der Waals surface area contributed by atoms with E-state index in [1.165, 1.54) is 17.4 Å². The molecule has 144 valence electrons. The number of fused-ring (bicyclic) bond motifs is 1. The van der Waals surface area contributed by atoms with Crippen molar-refractivity contribution in [3.8, 4) is 6.07 Å². The summed E-state index contributed by atoms with van der Waals surface area (Å²) in [5.41, 5.74) is 2.12. The molecule has 1 N–H and O–H groups in total. The van der Waals surface area contributed by atoms with Crippen LogP contribution in [0.2, 0.25) is 0 Å². The molecule has 0 spiro atoms. The Labute approximate surface area is 176 Å². The molecule has 0 bridgehead atoms.